The summed E-state index contributed by atoms with van der Waals surface area (Å²) in [4.78, 5) is 26.4. The summed E-state index contributed by atoms with van der Waals surface area (Å²) in [5, 5.41) is 16.1. The molecule has 1 unspecified atom stereocenters. The van der Waals surface area contributed by atoms with Gasteiger partial charge >= 0.3 is 0 Å². The molecule has 7 nitrogen and oxygen atoms in total. The summed E-state index contributed by atoms with van der Waals surface area (Å²) in [7, 11) is 0. The minimum absolute atomic E-state index is 0.000594. The molecule has 2 amide bonds. The Labute approximate surface area is 186 Å². The molecule has 0 saturated carbocycles. The van der Waals surface area contributed by atoms with Gasteiger partial charge in [0.2, 0.25) is 0 Å². The molecule has 0 radical (unpaired) electrons. The van der Waals surface area contributed by atoms with E-state index in [1.807, 2.05) is 12.1 Å². The zero-order valence-electron chi connectivity index (χ0n) is 17.9. The van der Waals surface area contributed by atoms with E-state index >= 15 is 0 Å². The highest BCUT2D eigenvalue weighted by molar-refractivity contribution is 5.98. The lowest BCUT2D eigenvalue weighted by Crippen LogP contribution is -2.42. The molecule has 1 aliphatic carbocycles. The number of halogens is 1. The predicted octanol–water partition coefficient (Wildman–Crippen LogP) is 1.15. The highest BCUT2D eigenvalue weighted by Crippen LogP contribution is 2.21. The molecule has 2 aromatic carbocycles. The van der Waals surface area contributed by atoms with Crippen molar-refractivity contribution < 1.29 is 23.8 Å². The third kappa shape index (κ3) is 5.32. The maximum atomic E-state index is 14.5. The number of hydrogen-bond donors (Lipinski definition) is 3. The van der Waals surface area contributed by atoms with E-state index in [0.29, 0.717) is 32.8 Å². The number of fused-ring (bicyclic) bond motifs is 1. The molecule has 0 spiro atoms. The summed E-state index contributed by atoms with van der Waals surface area (Å²) >= 11 is 0. The standard InChI is InChI=1S/C24H28FN3O4/c25-22-13-18(24(31)28-7-9-32-10-8-28)5-6-21(22)23(30)27-15-20(29)14-26-19-11-16-3-1-2-4-17(16)12-19/h1-6,13,19-20,26,29H,7-12,14-15H2,(H,27,30). The van der Waals surface area contributed by atoms with Crippen molar-refractivity contribution in [3.63, 3.8) is 0 Å². The van der Waals surface area contributed by atoms with Crippen LogP contribution >= 0.6 is 0 Å². The van der Waals surface area contributed by atoms with E-state index in [2.05, 4.69) is 22.8 Å². The number of hydrogen-bond acceptors (Lipinski definition) is 5. The number of nitrogens with zero attached hydrogens (tertiary/aromatic N) is 1. The van der Waals surface area contributed by atoms with E-state index in [9.17, 15) is 19.1 Å². The van der Waals surface area contributed by atoms with Crippen LogP contribution in [-0.2, 0) is 17.6 Å². The minimum atomic E-state index is -0.798. The number of carbonyl (C=O) groups excluding carboxylic acids is 2. The Hall–Kier alpha value is -2.81. The average Bonchev–Trinajstić information content (AvgIpc) is 3.24. The summed E-state index contributed by atoms with van der Waals surface area (Å²) in [6.07, 6.45) is 1.03. The molecule has 1 aliphatic heterocycles. The molecule has 8 heteroatoms. The van der Waals surface area contributed by atoms with Crippen LogP contribution in [0.3, 0.4) is 0 Å². The summed E-state index contributed by atoms with van der Waals surface area (Å²) in [6.45, 7) is 2.16. The van der Waals surface area contributed by atoms with Crippen LogP contribution in [0.25, 0.3) is 0 Å². The number of benzene rings is 2. The van der Waals surface area contributed by atoms with Gasteiger partial charge in [-0.25, -0.2) is 4.39 Å². The molecule has 0 aromatic heterocycles. The van der Waals surface area contributed by atoms with Crippen LogP contribution in [0.1, 0.15) is 31.8 Å². The Kier molecular flexibility index (Phi) is 7.14. The molecule has 0 bridgehead atoms. The first-order valence-corrected chi connectivity index (χ1v) is 10.9. The van der Waals surface area contributed by atoms with E-state index in [-0.39, 0.29) is 29.6 Å². The zero-order chi connectivity index (χ0) is 22.5. The lowest BCUT2D eigenvalue weighted by Gasteiger charge is -2.26. The van der Waals surface area contributed by atoms with Crippen LogP contribution in [0.4, 0.5) is 4.39 Å². The van der Waals surface area contributed by atoms with Gasteiger partial charge < -0.3 is 25.4 Å². The highest BCUT2D eigenvalue weighted by atomic mass is 19.1. The Morgan fingerprint density at radius 1 is 1.09 bits per heavy atom. The van der Waals surface area contributed by atoms with Gasteiger partial charge in [-0.2, -0.15) is 0 Å². The Bertz CT molecular complexity index is 952. The fraction of sp³-hybridized carbons (Fsp3) is 0.417. The number of carbonyl (C=O) groups is 2. The van der Waals surface area contributed by atoms with E-state index in [4.69, 9.17) is 4.74 Å². The molecule has 2 aliphatic rings. The monoisotopic (exact) mass is 441 g/mol. The number of aliphatic hydroxyl groups excluding tert-OH is 1. The lowest BCUT2D eigenvalue weighted by molar-refractivity contribution is 0.0302. The Balaban J connectivity index is 1.24. The van der Waals surface area contributed by atoms with Crippen molar-refractivity contribution in [1.29, 1.82) is 0 Å². The van der Waals surface area contributed by atoms with E-state index < -0.39 is 17.8 Å². The quantitative estimate of drug-likeness (QED) is 0.600. The van der Waals surface area contributed by atoms with Crippen molar-refractivity contribution in [2.75, 3.05) is 39.4 Å². The van der Waals surface area contributed by atoms with Crippen LogP contribution < -0.4 is 10.6 Å². The van der Waals surface area contributed by atoms with Crippen LogP contribution in [0.2, 0.25) is 0 Å². The molecule has 3 N–H and O–H groups in total. The van der Waals surface area contributed by atoms with Gasteiger partial charge in [0.05, 0.1) is 24.9 Å². The molecule has 170 valence electrons. The van der Waals surface area contributed by atoms with Gasteiger partial charge in [0.25, 0.3) is 11.8 Å². The first kappa shape index (κ1) is 22.4. The van der Waals surface area contributed by atoms with Gasteiger partial charge in [-0.05, 0) is 42.2 Å². The molecule has 1 atom stereocenters. The number of aliphatic hydroxyl groups is 1. The van der Waals surface area contributed by atoms with Crippen LogP contribution in [0.5, 0.6) is 0 Å². The van der Waals surface area contributed by atoms with Crippen molar-refractivity contribution in [1.82, 2.24) is 15.5 Å². The maximum Gasteiger partial charge on any atom is 0.254 e. The second-order valence-electron chi connectivity index (χ2n) is 8.25. The third-order valence-electron chi connectivity index (χ3n) is 5.95. The van der Waals surface area contributed by atoms with Gasteiger partial charge in [0.1, 0.15) is 5.82 Å². The van der Waals surface area contributed by atoms with Crippen molar-refractivity contribution in [3.05, 3.63) is 70.5 Å². The zero-order valence-corrected chi connectivity index (χ0v) is 17.9. The van der Waals surface area contributed by atoms with Crippen molar-refractivity contribution in [2.45, 2.75) is 25.0 Å². The molecule has 4 rings (SSSR count). The largest absolute Gasteiger partial charge is 0.390 e. The molecular formula is C24H28FN3O4. The van der Waals surface area contributed by atoms with Gasteiger partial charge in [0, 0.05) is 37.8 Å². The SMILES string of the molecule is O=C(NCC(O)CNC1Cc2ccccc2C1)c1ccc(C(=O)N2CCOCC2)cc1F. The van der Waals surface area contributed by atoms with Crippen LogP contribution in [0.15, 0.2) is 42.5 Å². The third-order valence-corrected chi connectivity index (χ3v) is 5.95. The summed E-state index contributed by atoms with van der Waals surface area (Å²) in [6, 6.07) is 12.4. The van der Waals surface area contributed by atoms with Crippen LogP contribution in [0, 0.1) is 5.82 Å². The summed E-state index contributed by atoms with van der Waals surface area (Å²) in [5.74, 6) is -1.67. The fourth-order valence-electron chi connectivity index (χ4n) is 4.17. The van der Waals surface area contributed by atoms with Gasteiger partial charge in [-0.3, -0.25) is 9.59 Å². The summed E-state index contributed by atoms with van der Waals surface area (Å²) < 4.78 is 19.7. The predicted molar refractivity (Wildman–Crippen MR) is 117 cm³/mol. The number of nitrogens with one attached hydrogen (secondary N) is 2. The van der Waals surface area contributed by atoms with Gasteiger partial charge in [0.15, 0.2) is 0 Å². The molecular weight excluding hydrogens is 413 g/mol. The van der Waals surface area contributed by atoms with E-state index in [1.54, 1.807) is 4.90 Å². The number of morpholine rings is 1. The first-order valence-electron chi connectivity index (χ1n) is 10.9. The van der Waals surface area contributed by atoms with Gasteiger partial charge in [-0.1, -0.05) is 24.3 Å². The Morgan fingerprint density at radius 3 is 2.44 bits per heavy atom. The number of ether oxygens (including phenoxy) is 1. The molecule has 1 fully saturated rings. The molecule has 2 aromatic rings. The number of rotatable bonds is 7. The lowest BCUT2D eigenvalue weighted by atomic mass is 10.1. The van der Waals surface area contributed by atoms with Crippen LogP contribution in [-0.4, -0.2) is 73.4 Å². The average molecular weight is 442 g/mol. The second-order valence-corrected chi connectivity index (χ2v) is 8.25. The van der Waals surface area contributed by atoms with E-state index in [0.717, 1.165) is 18.9 Å². The normalized spacial score (nSPS) is 17.1. The maximum absolute atomic E-state index is 14.5. The van der Waals surface area contributed by atoms with Gasteiger partial charge in [-0.15, -0.1) is 0 Å². The van der Waals surface area contributed by atoms with Crippen molar-refractivity contribution in [2.24, 2.45) is 0 Å². The Morgan fingerprint density at radius 2 is 1.78 bits per heavy atom. The van der Waals surface area contributed by atoms with E-state index in [1.165, 1.54) is 23.3 Å². The molecule has 1 heterocycles. The first-order chi connectivity index (χ1) is 15.5. The second kappa shape index (κ2) is 10.2. The fourth-order valence-corrected chi connectivity index (χ4v) is 4.17. The van der Waals surface area contributed by atoms with Crippen molar-refractivity contribution >= 4 is 11.8 Å². The van der Waals surface area contributed by atoms with Crippen molar-refractivity contribution in [3.8, 4) is 0 Å². The number of amides is 2. The minimum Gasteiger partial charge on any atom is -0.390 e. The molecule has 32 heavy (non-hydrogen) atoms. The topological polar surface area (TPSA) is 90.9 Å². The summed E-state index contributed by atoms with van der Waals surface area (Å²) in [5.41, 5.74) is 2.68. The molecule has 1 saturated heterocycles. The highest BCUT2D eigenvalue weighted by Gasteiger charge is 2.23. The smallest absolute Gasteiger partial charge is 0.254 e.